The summed E-state index contributed by atoms with van der Waals surface area (Å²) in [4.78, 5) is 24.2. The van der Waals surface area contributed by atoms with Crippen molar-refractivity contribution in [2.45, 2.75) is 31.1 Å². The monoisotopic (exact) mass is 418 g/mol. The topological polar surface area (TPSA) is 79.8 Å². The Morgan fingerprint density at radius 1 is 1.24 bits per heavy atom. The number of carbonyl (C=O) groups excluding carboxylic acids is 1. The van der Waals surface area contributed by atoms with Gasteiger partial charge in [-0.15, -0.1) is 5.10 Å². The van der Waals surface area contributed by atoms with E-state index in [1.165, 1.54) is 10.6 Å². The van der Waals surface area contributed by atoms with Crippen LogP contribution < -0.4 is 11.0 Å². The Bertz CT molecular complexity index is 1040. The number of H-pyrrole nitrogens is 1. The number of thioether (sulfide) groups is 1. The molecule has 1 atom stereocenters. The van der Waals surface area contributed by atoms with Crippen molar-refractivity contribution in [2.24, 2.45) is 0 Å². The third kappa shape index (κ3) is 5.54. The number of hydrogen-bond donors (Lipinski definition) is 2. The summed E-state index contributed by atoms with van der Waals surface area (Å²) in [7, 11) is 0. The van der Waals surface area contributed by atoms with Crippen LogP contribution >= 0.6 is 11.8 Å². The second kappa shape index (κ2) is 9.51. The second-order valence-corrected chi connectivity index (χ2v) is 7.38. The molecular formula is C20H20F2N4O2S. The number of aromatic nitrogens is 3. The van der Waals surface area contributed by atoms with Gasteiger partial charge in [-0.25, -0.2) is 18.7 Å². The minimum absolute atomic E-state index is 0.00276. The van der Waals surface area contributed by atoms with Gasteiger partial charge in [-0.3, -0.25) is 9.36 Å². The molecule has 1 heterocycles. The highest BCUT2D eigenvalue weighted by Gasteiger charge is 2.16. The summed E-state index contributed by atoms with van der Waals surface area (Å²) in [6.45, 7) is 2.05. The summed E-state index contributed by atoms with van der Waals surface area (Å²) in [5.74, 6) is -1.74. The molecule has 0 saturated heterocycles. The van der Waals surface area contributed by atoms with E-state index in [0.717, 1.165) is 29.5 Å². The van der Waals surface area contributed by atoms with Gasteiger partial charge < -0.3 is 5.32 Å². The number of hydrogen-bond acceptors (Lipinski definition) is 4. The van der Waals surface area contributed by atoms with Crippen LogP contribution in [0.1, 0.15) is 24.1 Å². The molecule has 9 heteroatoms. The van der Waals surface area contributed by atoms with E-state index in [-0.39, 0.29) is 22.9 Å². The van der Waals surface area contributed by atoms with Crippen LogP contribution in [0.5, 0.6) is 0 Å². The number of benzene rings is 2. The van der Waals surface area contributed by atoms with Gasteiger partial charge in [-0.1, -0.05) is 48.2 Å². The van der Waals surface area contributed by atoms with Crippen molar-refractivity contribution in [3.8, 4) is 0 Å². The van der Waals surface area contributed by atoms with E-state index in [1.54, 1.807) is 6.92 Å². The van der Waals surface area contributed by atoms with Crippen LogP contribution in [0.4, 0.5) is 8.78 Å². The summed E-state index contributed by atoms with van der Waals surface area (Å²) in [6, 6.07) is 12.3. The molecular weight excluding hydrogens is 398 g/mol. The molecule has 2 aromatic carbocycles. The van der Waals surface area contributed by atoms with Crippen LogP contribution in [0.25, 0.3) is 0 Å². The number of nitrogens with zero attached hydrogens (tertiary/aromatic N) is 2. The maximum Gasteiger partial charge on any atom is 0.343 e. The molecule has 152 valence electrons. The zero-order valence-electron chi connectivity index (χ0n) is 15.7. The molecule has 2 N–H and O–H groups in total. The lowest BCUT2D eigenvalue weighted by molar-refractivity contribution is -0.119. The maximum atomic E-state index is 13.8. The van der Waals surface area contributed by atoms with Crippen LogP contribution in [0.2, 0.25) is 0 Å². The normalized spacial score (nSPS) is 12.0. The number of aromatic amines is 1. The molecule has 0 aliphatic rings. The molecule has 0 aliphatic carbocycles. The lowest BCUT2D eigenvalue weighted by atomic mass is 10.1. The summed E-state index contributed by atoms with van der Waals surface area (Å²) < 4.78 is 28.3. The van der Waals surface area contributed by atoms with Gasteiger partial charge in [-0.05, 0) is 25.0 Å². The quantitative estimate of drug-likeness (QED) is 0.551. The van der Waals surface area contributed by atoms with E-state index in [1.807, 2.05) is 30.3 Å². The minimum Gasteiger partial charge on any atom is -0.349 e. The van der Waals surface area contributed by atoms with Crippen molar-refractivity contribution in [1.29, 1.82) is 0 Å². The Balaban J connectivity index is 1.57. The van der Waals surface area contributed by atoms with Crippen LogP contribution in [-0.2, 0) is 17.8 Å². The Hall–Kier alpha value is -2.94. The fourth-order valence-electron chi connectivity index (χ4n) is 2.84. The lowest BCUT2D eigenvalue weighted by Gasteiger charge is -2.15. The highest BCUT2D eigenvalue weighted by atomic mass is 32.2. The third-order valence-electron chi connectivity index (χ3n) is 4.33. The van der Waals surface area contributed by atoms with Crippen molar-refractivity contribution < 1.29 is 13.6 Å². The highest BCUT2D eigenvalue weighted by molar-refractivity contribution is 7.99. The molecule has 1 aromatic heterocycles. The Labute approximate surface area is 170 Å². The fraction of sp³-hybridized carbons (Fsp3) is 0.250. The van der Waals surface area contributed by atoms with Crippen molar-refractivity contribution in [3.05, 3.63) is 81.8 Å². The average Bonchev–Trinajstić information content (AvgIpc) is 3.05. The fourth-order valence-corrected chi connectivity index (χ4v) is 3.62. The van der Waals surface area contributed by atoms with Crippen molar-refractivity contribution in [2.75, 3.05) is 5.75 Å². The Morgan fingerprint density at radius 2 is 2.00 bits per heavy atom. The molecule has 29 heavy (non-hydrogen) atoms. The smallest absolute Gasteiger partial charge is 0.343 e. The maximum absolute atomic E-state index is 13.8. The van der Waals surface area contributed by atoms with Crippen molar-refractivity contribution >= 4 is 17.7 Å². The third-order valence-corrected chi connectivity index (χ3v) is 5.31. The Morgan fingerprint density at radius 3 is 2.72 bits per heavy atom. The molecule has 3 aromatic rings. The number of amides is 1. The van der Waals surface area contributed by atoms with Gasteiger partial charge in [0.15, 0.2) is 5.16 Å². The average molecular weight is 418 g/mol. The van der Waals surface area contributed by atoms with Gasteiger partial charge in [0.2, 0.25) is 5.91 Å². The lowest BCUT2D eigenvalue weighted by Crippen LogP contribution is -2.29. The zero-order valence-corrected chi connectivity index (χ0v) is 16.5. The molecule has 1 amide bonds. The first-order valence-corrected chi connectivity index (χ1v) is 9.99. The minimum atomic E-state index is -0.715. The van der Waals surface area contributed by atoms with E-state index >= 15 is 0 Å². The summed E-state index contributed by atoms with van der Waals surface area (Å²) in [5, 5.41) is 9.43. The van der Waals surface area contributed by atoms with Gasteiger partial charge in [-0.2, -0.15) is 0 Å². The first-order valence-electron chi connectivity index (χ1n) is 9.00. The number of nitrogens with one attached hydrogen (secondary N) is 2. The van der Waals surface area contributed by atoms with Crippen LogP contribution in [0, 0.1) is 11.6 Å². The van der Waals surface area contributed by atoms with E-state index in [2.05, 4.69) is 15.5 Å². The predicted octanol–water partition coefficient (Wildman–Crippen LogP) is 3.06. The van der Waals surface area contributed by atoms with Gasteiger partial charge in [0, 0.05) is 18.2 Å². The number of rotatable bonds is 8. The molecule has 0 spiro atoms. The molecule has 0 fully saturated rings. The second-order valence-electron chi connectivity index (χ2n) is 6.44. The molecule has 0 aliphatic heterocycles. The number of carbonyl (C=O) groups is 1. The molecule has 0 saturated carbocycles. The SMILES string of the molecule is C[C@@H](NC(=O)CSc1n[nH]c(=O)n1CCc1ccccc1)c1ccc(F)cc1F. The van der Waals surface area contributed by atoms with Gasteiger partial charge >= 0.3 is 5.69 Å². The first kappa shape index (κ1) is 20.8. The van der Waals surface area contributed by atoms with Crippen molar-refractivity contribution in [1.82, 2.24) is 20.1 Å². The largest absolute Gasteiger partial charge is 0.349 e. The van der Waals surface area contributed by atoms with Crippen LogP contribution in [-0.4, -0.2) is 26.4 Å². The summed E-state index contributed by atoms with van der Waals surface area (Å²) in [5.41, 5.74) is 0.944. The molecule has 0 bridgehead atoms. The van der Waals surface area contributed by atoms with E-state index < -0.39 is 17.7 Å². The highest BCUT2D eigenvalue weighted by Crippen LogP contribution is 2.19. The zero-order chi connectivity index (χ0) is 20.8. The first-order chi connectivity index (χ1) is 13.9. The van der Waals surface area contributed by atoms with Gasteiger partial charge in [0.1, 0.15) is 11.6 Å². The Kier molecular flexibility index (Phi) is 6.82. The number of halogens is 2. The van der Waals surface area contributed by atoms with Crippen LogP contribution in [0.3, 0.4) is 0 Å². The van der Waals surface area contributed by atoms with Gasteiger partial charge in [0.05, 0.1) is 11.8 Å². The van der Waals surface area contributed by atoms with Crippen molar-refractivity contribution in [3.63, 3.8) is 0 Å². The molecule has 6 nitrogen and oxygen atoms in total. The van der Waals surface area contributed by atoms with Crippen LogP contribution in [0.15, 0.2) is 58.5 Å². The predicted molar refractivity (Wildman–Crippen MR) is 107 cm³/mol. The molecule has 0 radical (unpaired) electrons. The molecule has 0 unspecified atom stereocenters. The van der Waals surface area contributed by atoms with E-state index in [0.29, 0.717) is 18.1 Å². The van der Waals surface area contributed by atoms with E-state index in [4.69, 9.17) is 0 Å². The summed E-state index contributed by atoms with van der Waals surface area (Å²) in [6.07, 6.45) is 0.654. The number of aryl methyl sites for hydroxylation is 1. The van der Waals surface area contributed by atoms with Gasteiger partial charge in [0.25, 0.3) is 0 Å². The standard InChI is InChI=1S/C20H20F2N4O2S/c1-13(16-8-7-15(21)11-17(16)22)23-18(27)12-29-20-25-24-19(28)26(20)10-9-14-5-3-2-4-6-14/h2-8,11,13H,9-10,12H2,1H3,(H,23,27)(H,24,28)/t13-/m1/s1. The van der Waals surface area contributed by atoms with E-state index in [9.17, 15) is 18.4 Å². The summed E-state index contributed by atoms with van der Waals surface area (Å²) >= 11 is 1.11. The molecule has 3 rings (SSSR count).